The van der Waals surface area contributed by atoms with Crippen molar-refractivity contribution in [1.29, 1.82) is 0 Å². The molecule has 0 unspecified atom stereocenters. The first kappa shape index (κ1) is 17.5. The highest BCUT2D eigenvalue weighted by atomic mass is 35.5. The number of rotatable bonds is 4. The Kier molecular flexibility index (Phi) is 5.98. The number of hydrogen-bond donors (Lipinski definition) is 0. The summed E-state index contributed by atoms with van der Waals surface area (Å²) in [5.74, 6) is 0.280. The fraction of sp³-hybridized carbons (Fsp3) is 0.611. The van der Waals surface area contributed by atoms with Gasteiger partial charge in [0.15, 0.2) is 0 Å². The summed E-state index contributed by atoms with van der Waals surface area (Å²) in [5, 5.41) is 0.774. The fourth-order valence-electron chi connectivity index (χ4n) is 3.44. The molecule has 3 rings (SSSR count). The number of amides is 1. The summed E-state index contributed by atoms with van der Waals surface area (Å²) in [5.41, 5.74) is 1.17. The number of anilines is 1. The van der Waals surface area contributed by atoms with Crippen LogP contribution in [0.5, 0.6) is 0 Å². The first-order chi connectivity index (χ1) is 11.7. The van der Waals surface area contributed by atoms with E-state index in [0.29, 0.717) is 6.54 Å². The van der Waals surface area contributed by atoms with Gasteiger partial charge in [0.2, 0.25) is 5.91 Å². The first-order valence-electron chi connectivity index (χ1n) is 8.88. The second-order valence-corrected chi connectivity index (χ2v) is 6.99. The van der Waals surface area contributed by atoms with E-state index in [4.69, 9.17) is 11.6 Å². The quantitative estimate of drug-likeness (QED) is 0.825. The predicted octanol–water partition coefficient (Wildman–Crippen LogP) is 1.63. The van der Waals surface area contributed by atoms with Gasteiger partial charge in [-0.25, -0.2) is 0 Å². The van der Waals surface area contributed by atoms with Crippen LogP contribution in [0.15, 0.2) is 24.3 Å². The van der Waals surface area contributed by atoms with Crippen molar-refractivity contribution in [2.75, 3.05) is 70.3 Å². The number of carbonyl (C=O) groups excluding carboxylic acids is 1. The largest absolute Gasteiger partial charge is 0.369 e. The van der Waals surface area contributed by atoms with Crippen LogP contribution < -0.4 is 4.90 Å². The van der Waals surface area contributed by atoms with E-state index in [9.17, 15) is 4.79 Å². The van der Waals surface area contributed by atoms with Crippen molar-refractivity contribution in [3.63, 3.8) is 0 Å². The van der Waals surface area contributed by atoms with Crippen molar-refractivity contribution in [2.24, 2.45) is 0 Å². The maximum atomic E-state index is 12.5. The van der Waals surface area contributed by atoms with Gasteiger partial charge in [0.25, 0.3) is 0 Å². The maximum absolute atomic E-state index is 12.5. The van der Waals surface area contributed by atoms with Crippen molar-refractivity contribution >= 4 is 23.2 Å². The molecule has 132 valence electrons. The lowest BCUT2D eigenvalue weighted by atomic mass is 10.2. The monoisotopic (exact) mass is 350 g/mol. The minimum atomic E-state index is 0.280. The second kappa shape index (κ2) is 8.19. The Bertz CT molecular complexity index is 552. The van der Waals surface area contributed by atoms with Crippen LogP contribution in [0.2, 0.25) is 5.02 Å². The second-order valence-electron chi connectivity index (χ2n) is 6.56. The van der Waals surface area contributed by atoms with Crippen LogP contribution in [0, 0.1) is 0 Å². The van der Waals surface area contributed by atoms with Gasteiger partial charge in [-0.15, -0.1) is 0 Å². The van der Waals surface area contributed by atoms with E-state index in [2.05, 4.69) is 27.7 Å². The Hall–Kier alpha value is -1.30. The fourth-order valence-corrected chi connectivity index (χ4v) is 3.63. The molecule has 0 bridgehead atoms. The zero-order chi connectivity index (χ0) is 16.9. The summed E-state index contributed by atoms with van der Waals surface area (Å²) >= 11 is 6.08. The smallest absolute Gasteiger partial charge is 0.236 e. The number of hydrogen-bond acceptors (Lipinski definition) is 4. The van der Waals surface area contributed by atoms with Gasteiger partial charge in [-0.1, -0.05) is 24.6 Å². The van der Waals surface area contributed by atoms with Crippen LogP contribution in [-0.2, 0) is 4.79 Å². The summed E-state index contributed by atoms with van der Waals surface area (Å²) in [6.45, 7) is 11.3. The molecule has 2 aliphatic rings. The molecule has 6 heteroatoms. The summed E-state index contributed by atoms with van der Waals surface area (Å²) < 4.78 is 0. The lowest BCUT2D eigenvalue weighted by molar-refractivity contribution is -0.134. The molecule has 1 amide bonds. The molecule has 0 radical (unpaired) electrons. The SMILES string of the molecule is CCN1CCN(C(=O)CN2CCN(c3cccc(Cl)c3)CC2)CC1. The molecule has 0 aliphatic carbocycles. The van der Waals surface area contributed by atoms with E-state index in [0.717, 1.165) is 63.9 Å². The number of halogens is 1. The summed E-state index contributed by atoms with van der Waals surface area (Å²) in [7, 11) is 0. The lowest BCUT2D eigenvalue weighted by Crippen LogP contribution is -2.53. The van der Waals surface area contributed by atoms with E-state index < -0.39 is 0 Å². The Labute approximate surface area is 149 Å². The van der Waals surface area contributed by atoms with Gasteiger partial charge in [-0.2, -0.15) is 0 Å². The van der Waals surface area contributed by atoms with E-state index in [1.165, 1.54) is 5.69 Å². The molecule has 2 aliphatic heterocycles. The van der Waals surface area contributed by atoms with E-state index in [-0.39, 0.29) is 5.91 Å². The lowest BCUT2D eigenvalue weighted by Gasteiger charge is -2.38. The van der Waals surface area contributed by atoms with Crippen molar-refractivity contribution in [2.45, 2.75) is 6.92 Å². The van der Waals surface area contributed by atoms with Gasteiger partial charge >= 0.3 is 0 Å². The van der Waals surface area contributed by atoms with Crippen LogP contribution in [0.3, 0.4) is 0 Å². The molecule has 24 heavy (non-hydrogen) atoms. The Morgan fingerprint density at radius 3 is 2.29 bits per heavy atom. The Balaban J connectivity index is 1.44. The molecule has 0 aromatic heterocycles. The van der Waals surface area contributed by atoms with Crippen LogP contribution in [0.4, 0.5) is 5.69 Å². The van der Waals surface area contributed by atoms with Crippen LogP contribution in [0.25, 0.3) is 0 Å². The van der Waals surface area contributed by atoms with Crippen LogP contribution in [-0.4, -0.2) is 86.1 Å². The minimum absolute atomic E-state index is 0.280. The van der Waals surface area contributed by atoms with Gasteiger partial charge < -0.3 is 14.7 Å². The highest BCUT2D eigenvalue weighted by Gasteiger charge is 2.24. The Morgan fingerprint density at radius 1 is 1.00 bits per heavy atom. The van der Waals surface area contributed by atoms with Crippen molar-refractivity contribution in [1.82, 2.24) is 14.7 Å². The molecule has 2 saturated heterocycles. The van der Waals surface area contributed by atoms with Gasteiger partial charge in [0.05, 0.1) is 6.54 Å². The molecule has 0 atom stereocenters. The first-order valence-corrected chi connectivity index (χ1v) is 9.26. The van der Waals surface area contributed by atoms with Crippen molar-refractivity contribution < 1.29 is 4.79 Å². The average Bonchev–Trinajstić information content (AvgIpc) is 2.62. The van der Waals surface area contributed by atoms with Crippen LogP contribution >= 0.6 is 11.6 Å². The van der Waals surface area contributed by atoms with Crippen molar-refractivity contribution in [3.8, 4) is 0 Å². The van der Waals surface area contributed by atoms with Gasteiger partial charge in [0.1, 0.15) is 0 Å². The molecule has 1 aromatic rings. The average molecular weight is 351 g/mol. The third-order valence-electron chi connectivity index (χ3n) is 5.08. The summed E-state index contributed by atoms with van der Waals surface area (Å²) in [6, 6.07) is 8.00. The van der Waals surface area contributed by atoms with Gasteiger partial charge in [-0.3, -0.25) is 9.69 Å². The normalized spacial score (nSPS) is 20.4. The zero-order valence-electron chi connectivity index (χ0n) is 14.5. The molecule has 2 heterocycles. The van der Waals surface area contributed by atoms with E-state index in [1.54, 1.807) is 0 Å². The molecule has 0 N–H and O–H groups in total. The molecule has 2 fully saturated rings. The number of benzene rings is 1. The third kappa shape index (κ3) is 4.41. The topological polar surface area (TPSA) is 30.0 Å². The molecule has 0 saturated carbocycles. The Morgan fingerprint density at radius 2 is 1.67 bits per heavy atom. The predicted molar refractivity (Wildman–Crippen MR) is 98.8 cm³/mol. The standard InChI is InChI=1S/C18H27ClN4O/c1-2-20-6-12-23(13-7-20)18(24)15-21-8-10-22(11-9-21)17-5-3-4-16(19)14-17/h3-5,14H,2,6-13,15H2,1H3. The maximum Gasteiger partial charge on any atom is 0.236 e. The molecular formula is C18H27ClN4O. The van der Waals surface area contributed by atoms with E-state index in [1.807, 2.05) is 23.1 Å². The molecule has 0 spiro atoms. The summed E-state index contributed by atoms with van der Waals surface area (Å²) in [4.78, 5) is 21.5. The molecular weight excluding hydrogens is 324 g/mol. The number of carbonyl (C=O) groups is 1. The van der Waals surface area contributed by atoms with Crippen molar-refractivity contribution in [3.05, 3.63) is 29.3 Å². The van der Waals surface area contributed by atoms with E-state index >= 15 is 0 Å². The number of likely N-dealkylation sites (N-methyl/N-ethyl adjacent to an activating group) is 1. The minimum Gasteiger partial charge on any atom is -0.369 e. The zero-order valence-corrected chi connectivity index (χ0v) is 15.2. The highest BCUT2D eigenvalue weighted by molar-refractivity contribution is 6.30. The third-order valence-corrected chi connectivity index (χ3v) is 5.31. The highest BCUT2D eigenvalue weighted by Crippen LogP contribution is 2.20. The molecule has 5 nitrogen and oxygen atoms in total. The van der Waals surface area contributed by atoms with Crippen LogP contribution in [0.1, 0.15) is 6.92 Å². The number of nitrogens with zero attached hydrogens (tertiary/aromatic N) is 4. The van der Waals surface area contributed by atoms with Gasteiger partial charge in [0, 0.05) is 63.1 Å². The molecule has 1 aromatic carbocycles. The van der Waals surface area contributed by atoms with Gasteiger partial charge in [-0.05, 0) is 24.7 Å². The number of piperazine rings is 2. The summed E-state index contributed by atoms with van der Waals surface area (Å²) in [6.07, 6.45) is 0.